The Morgan fingerprint density at radius 2 is 1.84 bits per heavy atom. The predicted octanol–water partition coefficient (Wildman–Crippen LogP) is 5.65. The van der Waals surface area contributed by atoms with Gasteiger partial charge < -0.3 is 13.9 Å². The zero-order chi connectivity index (χ0) is 30.8. The van der Waals surface area contributed by atoms with Crippen molar-refractivity contribution in [2.45, 2.75) is 51.7 Å². The third-order valence-corrected chi connectivity index (χ3v) is 8.65. The van der Waals surface area contributed by atoms with Gasteiger partial charge in [-0.3, -0.25) is 9.36 Å². The van der Waals surface area contributed by atoms with Gasteiger partial charge in [0, 0.05) is 16.5 Å². The SMILES string of the molecule is CCOC(=O)C1=C(C)N=c2s/c(=C/c3ccc(-c4ccc(C(=O)OC(C)C)cc4C)o3)c(=O)n2[C@@H]1c1ccc(SC)cc1. The molecule has 0 bridgehead atoms. The quantitative estimate of drug-likeness (QED) is 0.186. The Labute approximate surface area is 257 Å². The molecule has 8 nitrogen and oxygen atoms in total. The molecule has 3 heterocycles. The molecular weight excluding hydrogens is 585 g/mol. The first-order valence-corrected chi connectivity index (χ1v) is 15.9. The van der Waals surface area contributed by atoms with Gasteiger partial charge in [-0.1, -0.05) is 29.5 Å². The van der Waals surface area contributed by atoms with Gasteiger partial charge in [-0.25, -0.2) is 14.6 Å². The number of thiazole rings is 1. The lowest BCUT2D eigenvalue weighted by Gasteiger charge is -2.24. The van der Waals surface area contributed by atoms with Gasteiger partial charge >= 0.3 is 11.9 Å². The zero-order valence-corrected chi connectivity index (χ0v) is 26.4. The number of nitrogens with zero attached hydrogens (tertiary/aromatic N) is 2. The summed E-state index contributed by atoms with van der Waals surface area (Å²) in [5.41, 5.74) is 3.52. The second kappa shape index (κ2) is 12.6. The molecule has 0 radical (unpaired) electrons. The number of fused-ring (bicyclic) bond motifs is 1. The van der Waals surface area contributed by atoms with Crippen LogP contribution < -0.4 is 14.9 Å². The number of carbonyl (C=O) groups is 2. The van der Waals surface area contributed by atoms with Crippen LogP contribution in [-0.2, 0) is 14.3 Å². The van der Waals surface area contributed by atoms with Gasteiger partial charge in [0.2, 0.25) is 0 Å². The number of aryl methyl sites for hydroxylation is 1. The van der Waals surface area contributed by atoms with E-state index in [1.54, 1.807) is 54.5 Å². The number of ether oxygens (including phenoxy) is 2. The van der Waals surface area contributed by atoms with E-state index in [0.717, 1.165) is 21.6 Å². The van der Waals surface area contributed by atoms with Crippen LogP contribution in [0.1, 0.15) is 61.0 Å². The topological polar surface area (TPSA) is 100 Å². The molecular formula is C33H32N2O6S2. The van der Waals surface area contributed by atoms with Crippen LogP contribution in [0.15, 0.2) is 85.0 Å². The maximum absolute atomic E-state index is 13.9. The summed E-state index contributed by atoms with van der Waals surface area (Å²) in [6.07, 6.45) is 3.48. The van der Waals surface area contributed by atoms with Crippen LogP contribution in [0.4, 0.5) is 0 Å². The van der Waals surface area contributed by atoms with E-state index < -0.39 is 12.0 Å². The number of hydrogen-bond acceptors (Lipinski definition) is 9. The van der Waals surface area contributed by atoms with Crippen LogP contribution in [0.3, 0.4) is 0 Å². The third-order valence-electron chi connectivity index (χ3n) is 6.92. The summed E-state index contributed by atoms with van der Waals surface area (Å²) in [6.45, 7) is 9.25. The van der Waals surface area contributed by atoms with Crippen molar-refractivity contribution in [1.29, 1.82) is 0 Å². The van der Waals surface area contributed by atoms with Crippen LogP contribution in [-0.4, -0.2) is 35.5 Å². The number of furan rings is 1. The Kier molecular flexibility index (Phi) is 8.89. The number of allylic oxidation sites excluding steroid dienone is 1. The lowest BCUT2D eigenvalue weighted by atomic mass is 9.96. The van der Waals surface area contributed by atoms with Crippen molar-refractivity contribution in [2.24, 2.45) is 4.99 Å². The molecule has 0 aliphatic carbocycles. The first-order valence-electron chi connectivity index (χ1n) is 13.9. The number of rotatable bonds is 8. The Morgan fingerprint density at radius 3 is 2.49 bits per heavy atom. The Morgan fingerprint density at radius 1 is 1.09 bits per heavy atom. The van der Waals surface area contributed by atoms with Crippen molar-refractivity contribution >= 4 is 41.1 Å². The molecule has 43 heavy (non-hydrogen) atoms. The zero-order valence-electron chi connectivity index (χ0n) is 24.8. The highest BCUT2D eigenvalue weighted by Crippen LogP contribution is 2.32. The summed E-state index contributed by atoms with van der Waals surface area (Å²) in [6, 6.07) is 16.1. The van der Waals surface area contributed by atoms with Gasteiger partial charge in [0.1, 0.15) is 11.5 Å². The van der Waals surface area contributed by atoms with Crippen molar-refractivity contribution in [3.63, 3.8) is 0 Å². The number of aromatic nitrogens is 1. The summed E-state index contributed by atoms with van der Waals surface area (Å²) < 4.78 is 18.8. The molecule has 0 saturated carbocycles. The van der Waals surface area contributed by atoms with Crippen molar-refractivity contribution < 1.29 is 23.5 Å². The maximum Gasteiger partial charge on any atom is 0.338 e. The smallest absolute Gasteiger partial charge is 0.338 e. The fourth-order valence-electron chi connectivity index (χ4n) is 4.95. The number of carbonyl (C=O) groups excluding carboxylic acids is 2. The number of hydrogen-bond donors (Lipinski definition) is 0. The summed E-state index contributed by atoms with van der Waals surface area (Å²) in [7, 11) is 0. The molecule has 0 saturated heterocycles. The first-order chi connectivity index (χ1) is 20.6. The summed E-state index contributed by atoms with van der Waals surface area (Å²) >= 11 is 2.85. The van der Waals surface area contributed by atoms with Gasteiger partial charge in [0.15, 0.2) is 4.80 Å². The van der Waals surface area contributed by atoms with E-state index in [2.05, 4.69) is 4.99 Å². The lowest BCUT2D eigenvalue weighted by Crippen LogP contribution is -2.39. The molecule has 0 unspecified atom stereocenters. The largest absolute Gasteiger partial charge is 0.463 e. The Balaban J connectivity index is 1.54. The Hall–Kier alpha value is -4.15. The van der Waals surface area contributed by atoms with Crippen molar-refractivity contribution in [2.75, 3.05) is 12.9 Å². The fourth-order valence-corrected chi connectivity index (χ4v) is 6.38. The second-order valence-electron chi connectivity index (χ2n) is 10.3. The standard InChI is InChI=1S/C33H32N2O6S2/c1-7-39-32(38)28-20(5)34-33-35(29(28)21-8-12-24(42-6)13-9-21)30(36)27(43-33)17-23-11-15-26(41-23)25-14-10-22(16-19(25)4)31(37)40-18(2)3/h8-18,29H,7H2,1-6H3/b27-17+/t29-/m1/s1. The van der Waals surface area contributed by atoms with Crippen LogP contribution in [0, 0.1) is 6.92 Å². The minimum atomic E-state index is -0.677. The fraction of sp³-hybridized carbons (Fsp3) is 0.273. The van der Waals surface area contributed by atoms with E-state index in [1.807, 2.05) is 63.4 Å². The molecule has 1 atom stereocenters. The van der Waals surface area contributed by atoms with E-state index >= 15 is 0 Å². The van der Waals surface area contributed by atoms with Gasteiger partial charge in [0.05, 0.1) is 40.1 Å². The highest BCUT2D eigenvalue weighted by molar-refractivity contribution is 7.98. The predicted molar refractivity (Wildman–Crippen MR) is 168 cm³/mol. The van der Waals surface area contributed by atoms with Crippen LogP contribution in [0.5, 0.6) is 0 Å². The number of thioether (sulfide) groups is 1. The molecule has 5 rings (SSSR count). The molecule has 10 heteroatoms. The third kappa shape index (κ3) is 6.16. The summed E-state index contributed by atoms with van der Waals surface area (Å²) in [5, 5.41) is 0. The van der Waals surface area contributed by atoms with Crippen LogP contribution in [0.25, 0.3) is 17.4 Å². The number of benzene rings is 2. The van der Waals surface area contributed by atoms with E-state index in [9.17, 15) is 14.4 Å². The summed E-state index contributed by atoms with van der Waals surface area (Å²) in [5.74, 6) is 0.226. The molecule has 1 aliphatic rings. The minimum absolute atomic E-state index is 0.206. The monoisotopic (exact) mass is 616 g/mol. The molecule has 0 spiro atoms. The highest BCUT2D eigenvalue weighted by atomic mass is 32.2. The van der Waals surface area contributed by atoms with E-state index in [0.29, 0.717) is 37.7 Å². The van der Waals surface area contributed by atoms with Crippen LogP contribution in [0.2, 0.25) is 0 Å². The molecule has 0 amide bonds. The van der Waals surface area contributed by atoms with Gasteiger partial charge in [-0.15, -0.1) is 11.8 Å². The van der Waals surface area contributed by atoms with Crippen LogP contribution >= 0.6 is 23.1 Å². The minimum Gasteiger partial charge on any atom is -0.463 e. The summed E-state index contributed by atoms with van der Waals surface area (Å²) in [4.78, 5) is 45.5. The van der Waals surface area contributed by atoms with E-state index in [-0.39, 0.29) is 24.2 Å². The Bertz CT molecular complexity index is 1910. The van der Waals surface area contributed by atoms with E-state index in [1.165, 1.54) is 11.3 Å². The molecule has 1 aliphatic heterocycles. The average molecular weight is 617 g/mol. The number of esters is 2. The lowest BCUT2D eigenvalue weighted by molar-refractivity contribution is -0.139. The van der Waals surface area contributed by atoms with Crippen molar-refractivity contribution in [3.05, 3.63) is 108 Å². The normalized spacial score (nSPS) is 15.0. The van der Waals surface area contributed by atoms with E-state index in [4.69, 9.17) is 13.9 Å². The molecule has 0 fully saturated rings. The van der Waals surface area contributed by atoms with Gasteiger partial charge in [0.25, 0.3) is 5.56 Å². The molecule has 4 aromatic rings. The highest BCUT2D eigenvalue weighted by Gasteiger charge is 2.33. The second-order valence-corrected chi connectivity index (χ2v) is 12.1. The molecule has 2 aromatic heterocycles. The average Bonchev–Trinajstić information content (AvgIpc) is 3.56. The molecule has 222 valence electrons. The van der Waals surface area contributed by atoms with Crippen molar-refractivity contribution in [1.82, 2.24) is 4.57 Å². The van der Waals surface area contributed by atoms with Gasteiger partial charge in [-0.05, 0) is 88.4 Å². The molecule has 0 N–H and O–H groups in total. The van der Waals surface area contributed by atoms with Crippen molar-refractivity contribution in [3.8, 4) is 11.3 Å². The van der Waals surface area contributed by atoms with Gasteiger partial charge in [-0.2, -0.15) is 0 Å². The first kappa shape index (κ1) is 30.3. The maximum atomic E-state index is 13.9. The molecule has 2 aromatic carbocycles.